The number of halogens is 1. The lowest BCUT2D eigenvalue weighted by atomic mass is 10.1. The van der Waals surface area contributed by atoms with E-state index in [1.165, 1.54) is 50.6 Å². The highest BCUT2D eigenvalue weighted by molar-refractivity contribution is 6.39. The Hall–Kier alpha value is -4.93. The number of carbonyl (C=O) groups is 4. The number of anilines is 1. The van der Waals surface area contributed by atoms with E-state index in [1.54, 1.807) is 18.2 Å². The molecule has 0 unspecified atom stereocenters. The summed E-state index contributed by atoms with van der Waals surface area (Å²) < 4.78 is 35.2. The zero-order valence-electron chi connectivity index (χ0n) is 19.1. The van der Waals surface area contributed by atoms with Crippen molar-refractivity contribution in [2.24, 2.45) is 0 Å². The Labute approximate surface area is 203 Å². The number of rotatable bonds is 7. The molecule has 0 aliphatic carbocycles. The Morgan fingerprint density at radius 1 is 1.06 bits per heavy atom. The van der Waals surface area contributed by atoms with Crippen LogP contribution in [0.15, 0.2) is 64.6 Å². The molecule has 184 valence electrons. The van der Waals surface area contributed by atoms with E-state index in [0.29, 0.717) is 22.0 Å². The predicted molar refractivity (Wildman–Crippen MR) is 123 cm³/mol. The summed E-state index contributed by atoms with van der Waals surface area (Å²) in [5.74, 6) is -2.33. The monoisotopic (exact) mass is 494 g/mol. The minimum atomic E-state index is -1.05. The van der Waals surface area contributed by atoms with Crippen molar-refractivity contribution in [3.05, 3.63) is 83.1 Å². The number of benzene rings is 2. The van der Waals surface area contributed by atoms with E-state index in [9.17, 15) is 23.6 Å². The normalized spacial score (nSPS) is 14.6. The van der Waals surface area contributed by atoms with Crippen LogP contribution in [0.4, 0.5) is 14.9 Å². The summed E-state index contributed by atoms with van der Waals surface area (Å²) in [5.41, 5.74) is -0.279. The van der Waals surface area contributed by atoms with E-state index in [0.717, 1.165) is 6.07 Å². The first-order valence-electron chi connectivity index (χ1n) is 10.5. The van der Waals surface area contributed by atoms with Crippen molar-refractivity contribution in [3.63, 3.8) is 0 Å². The molecule has 2 heterocycles. The first-order valence-corrected chi connectivity index (χ1v) is 10.5. The average Bonchev–Trinajstić information content (AvgIpc) is 3.35. The third kappa shape index (κ3) is 4.80. The van der Waals surface area contributed by atoms with Crippen LogP contribution in [0.25, 0.3) is 6.08 Å². The van der Waals surface area contributed by atoms with Crippen LogP contribution in [0, 0.1) is 5.82 Å². The highest BCUT2D eigenvalue weighted by atomic mass is 19.1. The Bertz CT molecular complexity index is 1390. The van der Waals surface area contributed by atoms with Crippen molar-refractivity contribution in [2.45, 2.75) is 6.61 Å². The second kappa shape index (κ2) is 10.1. The smallest absolute Gasteiger partial charge is 0.373 e. The lowest BCUT2D eigenvalue weighted by Gasteiger charge is -2.26. The van der Waals surface area contributed by atoms with Crippen molar-refractivity contribution in [1.82, 2.24) is 5.32 Å². The molecule has 11 heteroatoms. The van der Waals surface area contributed by atoms with Gasteiger partial charge in [-0.25, -0.2) is 18.9 Å². The van der Waals surface area contributed by atoms with Gasteiger partial charge in [0.15, 0.2) is 11.5 Å². The number of urea groups is 1. The van der Waals surface area contributed by atoms with E-state index in [1.807, 2.05) is 5.32 Å². The van der Waals surface area contributed by atoms with Crippen LogP contribution in [0.1, 0.15) is 21.9 Å². The fourth-order valence-corrected chi connectivity index (χ4v) is 3.38. The number of esters is 1. The highest BCUT2D eigenvalue weighted by Crippen LogP contribution is 2.31. The van der Waals surface area contributed by atoms with E-state index >= 15 is 0 Å². The fraction of sp³-hybridized carbons (Fsp3) is 0.120. The molecular weight excluding hydrogens is 475 g/mol. The molecule has 1 aromatic heterocycles. The molecule has 0 radical (unpaired) electrons. The summed E-state index contributed by atoms with van der Waals surface area (Å²) >= 11 is 0. The average molecular weight is 494 g/mol. The fourth-order valence-electron chi connectivity index (χ4n) is 3.38. The maximum atomic E-state index is 14.2. The third-order valence-corrected chi connectivity index (χ3v) is 5.11. The van der Waals surface area contributed by atoms with E-state index < -0.39 is 29.6 Å². The molecule has 0 atom stereocenters. The van der Waals surface area contributed by atoms with Gasteiger partial charge in [-0.1, -0.05) is 18.2 Å². The maximum Gasteiger partial charge on any atom is 0.373 e. The largest absolute Gasteiger partial charge is 0.493 e. The number of amides is 4. The SMILES string of the molecule is COC(=O)c1ccc(COc2ccc(/C=C3/C(=O)NC(=O)N(c4ccccc4F)C3=O)cc2OC)o1. The van der Waals surface area contributed by atoms with Gasteiger partial charge in [0.1, 0.15) is 23.8 Å². The Morgan fingerprint density at radius 3 is 2.56 bits per heavy atom. The number of nitrogens with one attached hydrogen (secondary N) is 1. The molecular formula is C25H19FN2O8. The lowest BCUT2D eigenvalue weighted by molar-refractivity contribution is -0.122. The minimum Gasteiger partial charge on any atom is -0.493 e. The molecule has 1 aliphatic rings. The van der Waals surface area contributed by atoms with Crippen LogP contribution in [-0.4, -0.2) is 38.0 Å². The Kier molecular flexibility index (Phi) is 6.81. The molecule has 4 rings (SSSR count). The van der Waals surface area contributed by atoms with E-state index in [2.05, 4.69) is 4.74 Å². The van der Waals surface area contributed by atoms with E-state index in [4.69, 9.17) is 13.9 Å². The number of hydrogen-bond donors (Lipinski definition) is 1. The number of furan rings is 1. The van der Waals surface area contributed by atoms with Gasteiger partial charge in [-0.2, -0.15) is 0 Å². The topological polar surface area (TPSA) is 124 Å². The maximum absolute atomic E-state index is 14.2. The number of nitrogens with zero attached hydrogens (tertiary/aromatic N) is 1. The van der Waals surface area contributed by atoms with Gasteiger partial charge >= 0.3 is 12.0 Å². The van der Waals surface area contributed by atoms with Gasteiger partial charge in [-0.3, -0.25) is 14.9 Å². The van der Waals surface area contributed by atoms with Crippen molar-refractivity contribution < 1.29 is 42.2 Å². The number of barbiturate groups is 1. The molecule has 1 aliphatic heterocycles. The van der Waals surface area contributed by atoms with Crippen molar-refractivity contribution in [2.75, 3.05) is 19.1 Å². The summed E-state index contributed by atoms with van der Waals surface area (Å²) in [4.78, 5) is 49.7. The Morgan fingerprint density at radius 2 is 1.83 bits per heavy atom. The molecule has 0 saturated carbocycles. The first-order chi connectivity index (χ1) is 17.3. The molecule has 0 bridgehead atoms. The summed E-state index contributed by atoms with van der Waals surface area (Å²) in [6.45, 7) is -0.0195. The van der Waals surface area contributed by atoms with Gasteiger partial charge in [-0.15, -0.1) is 0 Å². The van der Waals surface area contributed by atoms with Crippen LogP contribution in [0.3, 0.4) is 0 Å². The molecule has 10 nitrogen and oxygen atoms in total. The van der Waals surface area contributed by atoms with Crippen LogP contribution in [0.5, 0.6) is 11.5 Å². The summed E-state index contributed by atoms with van der Waals surface area (Å²) in [5, 5.41) is 2.04. The van der Waals surface area contributed by atoms with Crippen LogP contribution in [0.2, 0.25) is 0 Å². The van der Waals surface area contributed by atoms with Gasteiger partial charge in [0.05, 0.1) is 19.9 Å². The van der Waals surface area contributed by atoms with Gasteiger partial charge in [0.25, 0.3) is 11.8 Å². The lowest BCUT2D eigenvalue weighted by Crippen LogP contribution is -2.54. The van der Waals surface area contributed by atoms with Crippen molar-refractivity contribution in [3.8, 4) is 11.5 Å². The molecule has 1 saturated heterocycles. The number of ether oxygens (including phenoxy) is 3. The second-order valence-electron chi connectivity index (χ2n) is 7.37. The molecule has 36 heavy (non-hydrogen) atoms. The number of para-hydroxylation sites is 1. The molecule has 1 fully saturated rings. The molecule has 3 aromatic rings. The zero-order chi connectivity index (χ0) is 25.8. The predicted octanol–water partition coefficient (Wildman–Crippen LogP) is 3.46. The van der Waals surface area contributed by atoms with Gasteiger partial charge in [0, 0.05) is 0 Å². The second-order valence-corrected chi connectivity index (χ2v) is 7.37. The molecule has 0 spiro atoms. The Balaban J connectivity index is 1.56. The van der Waals surface area contributed by atoms with E-state index in [-0.39, 0.29) is 29.4 Å². The quantitative estimate of drug-likeness (QED) is 0.301. The number of imide groups is 2. The number of carbonyl (C=O) groups excluding carboxylic acids is 4. The van der Waals surface area contributed by atoms with Crippen molar-refractivity contribution >= 4 is 35.6 Å². The standard InChI is InChI=1S/C25H19FN2O8/c1-33-21-12-14(7-9-19(21)35-13-15-8-10-20(36-15)24(31)34-2)11-16-22(29)27-25(32)28(23(16)30)18-6-4-3-5-17(18)26/h3-12H,13H2,1-2H3,(H,27,29,32)/b16-11-. The van der Waals surface area contributed by atoms with Crippen molar-refractivity contribution in [1.29, 1.82) is 0 Å². The summed E-state index contributed by atoms with van der Waals surface area (Å²) in [6.07, 6.45) is 1.25. The third-order valence-electron chi connectivity index (χ3n) is 5.11. The molecule has 4 amide bonds. The first kappa shape index (κ1) is 24.2. The number of methoxy groups -OCH3 is 2. The molecule has 1 N–H and O–H groups in total. The van der Waals surface area contributed by atoms with Crippen LogP contribution < -0.4 is 19.7 Å². The minimum absolute atomic E-state index is 0.0195. The summed E-state index contributed by atoms with van der Waals surface area (Å²) in [7, 11) is 2.64. The number of hydrogen-bond acceptors (Lipinski definition) is 8. The van der Waals surface area contributed by atoms with Crippen LogP contribution >= 0.6 is 0 Å². The van der Waals surface area contributed by atoms with Gasteiger partial charge in [-0.05, 0) is 48.0 Å². The zero-order valence-corrected chi connectivity index (χ0v) is 19.1. The van der Waals surface area contributed by atoms with Crippen LogP contribution in [-0.2, 0) is 20.9 Å². The highest BCUT2D eigenvalue weighted by Gasteiger charge is 2.38. The van der Waals surface area contributed by atoms with Gasteiger partial charge in [0.2, 0.25) is 5.76 Å². The van der Waals surface area contributed by atoms with Gasteiger partial charge < -0.3 is 18.6 Å². The molecule has 2 aromatic carbocycles. The summed E-state index contributed by atoms with van der Waals surface area (Å²) in [6, 6.07) is 11.8.